The van der Waals surface area contributed by atoms with Crippen LogP contribution in [0.1, 0.15) is 44.6 Å². The van der Waals surface area contributed by atoms with E-state index in [4.69, 9.17) is 0 Å². The number of halogens is 1. The second-order valence-electron chi connectivity index (χ2n) is 7.50. The summed E-state index contributed by atoms with van der Waals surface area (Å²) in [6, 6.07) is 6.04. The summed E-state index contributed by atoms with van der Waals surface area (Å²) in [6.45, 7) is 4.70. The molecule has 0 radical (unpaired) electrons. The summed E-state index contributed by atoms with van der Waals surface area (Å²) in [4.78, 5) is 37.8. The maximum absolute atomic E-state index is 13.1. The van der Waals surface area contributed by atoms with Crippen molar-refractivity contribution in [3.63, 3.8) is 0 Å². The van der Waals surface area contributed by atoms with Crippen LogP contribution in [0.15, 0.2) is 24.3 Å². The van der Waals surface area contributed by atoms with Crippen molar-refractivity contribution in [2.45, 2.75) is 44.6 Å². The van der Waals surface area contributed by atoms with Gasteiger partial charge in [-0.1, -0.05) is 19.1 Å². The van der Waals surface area contributed by atoms with Gasteiger partial charge in [-0.25, -0.2) is 9.18 Å². The molecular formula is C19H24FN3O3. The Balaban J connectivity index is 1.55. The van der Waals surface area contributed by atoms with Gasteiger partial charge in [-0.05, 0) is 49.8 Å². The number of hydrogen-bond donors (Lipinski definition) is 2. The third-order valence-electron chi connectivity index (χ3n) is 5.40. The molecule has 0 aromatic heterocycles. The van der Waals surface area contributed by atoms with E-state index in [9.17, 15) is 18.8 Å². The van der Waals surface area contributed by atoms with Crippen molar-refractivity contribution < 1.29 is 18.8 Å². The van der Waals surface area contributed by atoms with Crippen molar-refractivity contribution in [2.24, 2.45) is 5.92 Å². The van der Waals surface area contributed by atoms with Gasteiger partial charge in [0.2, 0.25) is 5.91 Å². The molecule has 0 bridgehead atoms. The normalized spacial score (nSPS) is 25.0. The number of piperidine rings is 1. The van der Waals surface area contributed by atoms with Gasteiger partial charge < -0.3 is 10.2 Å². The highest BCUT2D eigenvalue weighted by molar-refractivity contribution is 6.07. The molecule has 0 saturated carbocycles. The molecule has 0 aliphatic carbocycles. The second kappa shape index (κ2) is 7.05. The Morgan fingerprint density at radius 2 is 1.88 bits per heavy atom. The van der Waals surface area contributed by atoms with Crippen LogP contribution in [0.3, 0.4) is 0 Å². The first-order chi connectivity index (χ1) is 12.3. The molecule has 3 rings (SSSR count). The van der Waals surface area contributed by atoms with Gasteiger partial charge in [0.15, 0.2) is 0 Å². The van der Waals surface area contributed by atoms with Gasteiger partial charge in [-0.2, -0.15) is 0 Å². The maximum atomic E-state index is 13.1. The van der Waals surface area contributed by atoms with Gasteiger partial charge >= 0.3 is 6.03 Å². The number of likely N-dealkylation sites (tertiary alicyclic amines) is 1. The minimum Gasteiger partial charge on any atom is -0.342 e. The Morgan fingerprint density at radius 1 is 1.27 bits per heavy atom. The largest absolute Gasteiger partial charge is 0.342 e. The average Bonchev–Trinajstić information content (AvgIpc) is 2.86. The molecule has 2 unspecified atom stereocenters. The summed E-state index contributed by atoms with van der Waals surface area (Å²) in [5, 5.41) is 4.82. The lowest BCUT2D eigenvalue weighted by Crippen LogP contribution is -2.48. The summed E-state index contributed by atoms with van der Waals surface area (Å²) in [6.07, 6.45) is 1.93. The van der Waals surface area contributed by atoms with E-state index in [2.05, 4.69) is 10.6 Å². The summed E-state index contributed by atoms with van der Waals surface area (Å²) >= 11 is 0. The fourth-order valence-electron chi connectivity index (χ4n) is 3.90. The first-order valence-electron chi connectivity index (χ1n) is 8.96. The quantitative estimate of drug-likeness (QED) is 0.807. The molecule has 2 aliphatic heterocycles. The van der Waals surface area contributed by atoms with Crippen molar-refractivity contribution in [3.8, 4) is 0 Å². The van der Waals surface area contributed by atoms with Crippen molar-refractivity contribution in [2.75, 3.05) is 13.1 Å². The van der Waals surface area contributed by atoms with Crippen LogP contribution in [0, 0.1) is 11.7 Å². The van der Waals surface area contributed by atoms with Gasteiger partial charge in [0.05, 0.1) is 0 Å². The number of nitrogens with zero attached hydrogens (tertiary/aromatic N) is 1. The molecule has 2 aliphatic rings. The van der Waals surface area contributed by atoms with E-state index in [1.165, 1.54) is 12.1 Å². The zero-order valence-corrected chi connectivity index (χ0v) is 15.0. The van der Waals surface area contributed by atoms with Crippen LogP contribution in [-0.2, 0) is 9.59 Å². The Morgan fingerprint density at radius 3 is 2.42 bits per heavy atom. The number of carbonyl (C=O) groups is 3. The molecule has 2 atom stereocenters. The van der Waals surface area contributed by atoms with Crippen molar-refractivity contribution in [3.05, 3.63) is 35.6 Å². The van der Waals surface area contributed by atoms with E-state index in [0.717, 1.165) is 18.4 Å². The molecule has 7 heteroatoms. The Bertz CT molecular complexity index is 713. The van der Waals surface area contributed by atoms with Crippen LogP contribution in [0.5, 0.6) is 0 Å². The average molecular weight is 361 g/mol. The fourth-order valence-corrected chi connectivity index (χ4v) is 3.90. The first-order valence-corrected chi connectivity index (χ1v) is 8.96. The summed E-state index contributed by atoms with van der Waals surface area (Å²) in [7, 11) is 0. The zero-order valence-electron chi connectivity index (χ0n) is 15.0. The molecule has 2 fully saturated rings. The van der Waals surface area contributed by atoms with Gasteiger partial charge in [0.25, 0.3) is 5.91 Å². The topological polar surface area (TPSA) is 78.5 Å². The summed E-state index contributed by atoms with van der Waals surface area (Å²) in [5.74, 6) is -0.680. The number of benzene rings is 1. The number of nitrogens with one attached hydrogen (secondary N) is 2. The van der Waals surface area contributed by atoms with Crippen LogP contribution < -0.4 is 10.6 Å². The zero-order chi connectivity index (χ0) is 18.9. The van der Waals surface area contributed by atoms with Crippen LogP contribution >= 0.6 is 0 Å². The minimum absolute atomic E-state index is 0.00210. The monoisotopic (exact) mass is 361 g/mol. The summed E-state index contributed by atoms with van der Waals surface area (Å²) < 4.78 is 13.1. The molecule has 2 saturated heterocycles. The van der Waals surface area contributed by atoms with E-state index in [-0.39, 0.29) is 24.1 Å². The molecule has 6 nitrogen and oxygen atoms in total. The van der Waals surface area contributed by atoms with Crippen molar-refractivity contribution in [1.29, 1.82) is 0 Å². The predicted molar refractivity (Wildman–Crippen MR) is 93.8 cm³/mol. The highest BCUT2D eigenvalue weighted by Gasteiger charge is 2.44. The number of amides is 4. The molecular weight excluding hydrogens is 337 g/mol. The van der Waals surface area contributed by atoms with Crippen LogP contribution in [0.25, 0.3) is 0 Å². The van der Waals surface area contributed by atoms with E-state index in [0.29, 0.717) is 19.0 Å². The van der Waals surface area contributed by atoms with E-state index in [1.54, 1.807) is 13.8 Å². The highest BCUT2D eigenvalue weighted by Crippen LogP contribution is 2.30. The van der Waals surface area contributed by atoms with Crippen molar-refractivity contribution >= 4 is 17.8 Å². The van der Waals surface area contributed by atoms with E-state index in [1.807, 2.05) is 17.0 Å². The standard InChI is InChI=1S/C19H24FN3O3/c1-12(11-19(2)17(25)21-18(26)22-19)16(24)23-9-7-14(8-10-23)13-3-5-15(20)6-4-13/h3-6,12,14H,7-11H2,1-2H3,(H2,21,22,25,26). The lowest BCUT2D eigenvalue weighted by atomic mass is 9.87. The van der Waals surface area contributed by atoms with Gasteiger partial charge in [0, 0.05) is 19.0 Å². The van der Waals surface area contributed by atoms with Crippen LogP contribution in [0.4, 0.5) is 9.18 Å². The third kappa shape index (κ3) is 3.71. The fraction of sp³-hybridized carbons (Fsp3) is 0.526. The van der Waals surface area contributed by atoms with Crippen LogP contribution in [0.2, 0.25) is 0 Å². The lowest BCUT2D eigenvalue weighted by molar-refractivity contribution is -0.137. The van der Waals surface area contributed by atoms with Gasteiger partial charge in [-0.3, -0.25) is 14.9 Å². The smallest absolute Gasteiger partial charge is 0.322 e. The maximum Gasteiger partial charge on any atom is 0.322 e. The summed E-state index contributed by atoms with van der Waals surface area (Å²) in [5.41, 5.74) is 0.0582. The van der Waals surface area contributed by atoms with Crippen molar-refractivity contribution in [1.82, 2.24) is 15.5 Å². The van der Waals surface area contributed by atoms with E-state index >= 15 is 0 Å². The number of imide groups is 1. The molecule has 2 heterocycles. The molecule has 1 aromatic carbocycles. The molecule has 1 aromatic rings. The minimum atomic E-state index is -1.04. The Labute approximate surface area is 152 Å². The van der Waals surface area contributed by atoms with Gasteiger partial charge in [0.1, 0.15) is 11.4 Å². The number of hydrogen-bond acceptors (Lipinski definition) is 3. The molecule has 26 heavy (non-hydrogen) atoms. The Kier molecular flexibility index (Phi) is 4.98. The number of rotatable bonds is 4. The number of urea groups is 1. The molecule has 4 amide bonds. The second-order valence-corrected chi connectivity index (χ2v) is 7.50. The number of carbonyl (C=O) groups excluding carboxylic acids is 3. The predicted octanol–water partition coefficient (Wildman–Crippen LogP) is 2.16. The highest BCUT2D eigenvalue weighted by atomic mass is 19.1. The lowest BCUT2D eigenvalue weighted by Gasteiger charge is -2.35. The molecule has 0 spiro atoms. The SMILES string of the molecule is CC(CC1(C)NC(=O)NC1=O)C(=O)N1CCC(c2ccc(F)cc2)CC1. The van der Waals surface area contributed by atoms with E-state index < -0.39 is 17.5 Å². The third-order valence-corrected chi connectivity index (χ3v) is 5.40. The van der Waals surface area contributed by atoms with Gasteiger partial charge in [-0.15, -0.1) is 0 Å². The Hall–Kier alpha value is -2.44. The first kappa shape index (κ1) is 18.4. The molecule has 140 valence electrons. The van der Waals surface area contributed by atoms with Crippen LogP contribution in [-0.4, -0.2) is 41.4 Å². The molecule has 2 N–H and O–H groups in total.